The molecule has 0 saturated heterocycles. The normalized spacial score (nSPS) is 11.1. The van der Waals surface area contributed by atoms with E-state index in [1.807, 2.05) is 13.0 Å². The number of nitrogens with zero attached hydrogens (tertiary/aromatic N) is 1. The second-order valence-corrected chi connectivity index (χ2v) is 3.07. The third kappa shape index (κ3) is 3.09. The Labute approximate surface area is 88.6 Å². The lowest BCUT2D eigenvalue weighted by molar-refractivity contribution is -0.114. The van der Waals surface area contributed by atoms with E-state index in [1.54, 1.807) is 24.3 Å². The van der Waals surface area contributed by atoms with E-state index in [9.17, 15) is 4.79 Å². The SMILES string of the molecule is CCCNC(=O)C(=NO)c1ccccc1. The third-order valence-corrected chi connectivity index (χ3v) is 1.90. The summed E-state index contributed by atoms with van der Waals surface area (Å²) in [5.41, 5.74) is 0.651. The second kappa shape index (κ2) is 5.80. The summed E-state index contributed by atoms with van der Waals surface area (Å²) < 4.78 is 0. The number of carbonyl (C=O) groups excluding carboxylic acids is 1. The number of rotatable bonds is 4. The maximum absolute atomic E-state index is 11.5. The molecule has 0 aliphatic rings. The van der Waals surface area contributed by atoms with Crippen LogP contribution in [0.4, 0.5) is 0 Å². The molecule has 1 aromatic carbocycles. The highest BCUT2D eigenvalue weighted by molar-refractivity contribution is 6.45. The van der Waals surface area contributed by atoms with Gasteiger partial charge >= 0.3 is 0 Å². The molecule has 4 nitrogen and oxygen atoms in total. The fourth-order valence-electron chi connectivity index (χ4n) is 1.15. The first-order chi connectivity index (χ1) is 7.29. The number of carbonyl (C=O) groups is 1. The Morgan fingerprint density at radius 2 is 2.07 bits per heavy atom. The van der Waals surface area contributed by atoms with Crippen molar-refractivity contribution < 1.29 is 10.0 Å². The number of hydrogen-bond acceptors (Lipinski definition) is 3. The summed E-state index contributed by atoms with van der Waals surface area (Å²) in [4.78, 5) is 11.5. The molecule has 0 spiro atoms. The van der Waals surface area contributed by atoms with Gasteiger partial charge in [-0.1, -0.05) is 42.4 Å². The standard InChI is InChI=1S/C11H14N2O2/c1-2-8-12-11(14)10(13-15)9-6-4-3-5-7-9/h3-7,15H,2,8H2,1H3,(H,12,14). The van der Waals surface area contributed by atoms with Gasteiger partial charge in [-0.25, -0.2) is 0 Å². The summed E-state index contributed by atoms with van der Waals surface area (Å²) in [5.74, 6) is -0.356. The van der Waals surface area contributed by atoms with Crippen molar-refractivity contribution in [2.24, 2.45) is 5.16 Å². The van der Waals surface area contributed by atoms with Crippen molar-refractivity contribution in [3.8, 4) is 0 Å². The molecule has 0 aliphatic carbocycles. The first-order valence-corrected chi connectivity index (χ1v) is 4.85. The van der Waals surface area contributed by atoms with Crippen LogP contribution in [0.15, 0.2) is 35.5 Å². The zero-order chi connectivity index (χ0) is 11.1. The van der Waals surface area contributed by atoms with E-state index in [2.05, 4.69) is 10.5 Å². The van der Waals surface area contributed by atoms with E-state index < -0.39 is 0 Å². The van der Waals surface area contributed by atoms with Crippen molar-refractivity contribution in [1.82, 2.24) is 5.32 Å². The Hall–Kier alpha value is -1.84. The van der Waals surface area contributed by atoms with Crippen molar-refractivity contribution in [2.45, 2.75) is 13.3 Å². The summed E-state index contributed by atoms with van der Waals surface area (Å²) in [6.07, 6.45) is 0.846. The van der Waals surface area contributed by atoms with E-state index in [-0.39, 0.29) is 11.6 Å². The fraction of sp³-hybridized carbons (Fsp3) is 0.273. The maximum atomic E-state index is 11.5. The lowest BCUT2D eigenvalue weighted by Gasteiger charge is -2.04. The molecule has 2 N–H and O–H groups in total. The number of oxime groups is 1. The van der Waals surface area contributed by atoms with Gasteiger partial charge in [0.15, 0.2) is 5.71 Å². The molecule has 1 rings (SSSR count). The van der Waals surface area contributed by atoms with Crippen molar-refractivity contribution in [3.63, 3.8) is 0 Å². The van der Waals surface area contributed by atoms with Crippen LogP contribution in [0.25, 0.3) is 0 Å². The van der Waals surface area contributed by atoms with Crippen molar-refractivity contribution in [2.75, 3.05) is 6.54 Å². The van der Waals surface area contributed by atoms with Gasteiger partial charge < -0.3 is 10.5 Å². The van der Waals surface area contributed by atoms with Crippen LogP contribution in [0.3, 0.4) is 0 Å². The monoisotopic (exact) mass is 206 g/mol. The van der Waals surface area contributed by atoms with Crippen molar-refractivity contribution in [3.05, 3.63) is 35.9 Å². The summed E-state index contributed by atoms with van der Waals surface area (Å²) in [6, 6.07) is 8.85. The molecule has 0 heterocycles. The molecule has 0 aromatic heterocycles. The highest BCUT2D eigenvalue weighted by Gasteiger charge is 2.13. The van der Waals surface area contributed by atoms with Crippen LogP contribution in [0.5, 0.6) is 0 Å². The molecule has 0 saturated carbocycles. The van der Waals surface area contributed by atoms with Gasteiger partial charge in [0.25, 0.3) is 5.91 Å². The van der Waals surface area contributed by atoms with Crippen LogP contribution >= 0.6 is 0 Å². The van der Waals surface area contributed by atoms with E-state index >= 15 is 0 Å². The Kier molecular flexibility index (Phi) is 4.34. The molecule has 0 unspecified atom stereocenters. The minimum atomic E-state index is -0.356. The highest BCUT2D eigenvalue weighted by atomic mass is 16.4. The van der Waals surface area contributed by atoms with Crippen LogP contribution in [0, 0.1) is 0 Å². The molecule has 1 aromatic rings. The topological polar surface area (TPSA) is 61.7 Å². The minimum absolute atomic E-state index is 0.0454. The first kappa shape index (κ1) is 11.2. The number of benzene rings is 1. The van der Waals surface area contributed by atoms with Crippen molar-refractivity contribution in [1.29, 1.82) is 0 Å². The van der Waals surface area contributed by atoms with Crippen LogP contribution in [0.2, 0.25) is 0 Å². The Bertz CT molecular complexity index is 347. The van der Waals surface area contributed by atoms with Gasteiger partial charge in [-0.3, -0.25) is 4.79 Å². The van der Waals surface area contributed by atoms with Gasteiger partial charge in [-0.2, -0.15) is 0 Å². The number of amides is 1. The molecular formula is C11H14N2O2. The average Bonchev–Trinajstić information content (AvgIpc) is 2.29. The van der Waals surface area contributed by atoms with E-state index in [1.165, 1.54) is 0 Å². The van der Waals surface area contributed by atoms with E-state index in [4.69, 9.17) is 5.21 Å². The lowest BCUT2D eigenvalue weighted by atomic mass is 10.1. The summed E-state index contributed by atoms with van der Waals surface area (Å²) >= 11 is 0. The van der Waals surface area contributed by atoms with Gasteiger partial charge in [0.1, 0.15) is 0 Å². The molecule has 1 amide bonds. The summed E-state index contributed by atoms with van der Waals surface area (Å²) in [6.45, 7) is 2.53. The van der Waals surface area contributed by atoms with Crippen molar-refractivity contribution >= 4 is 11.6 Å². The van der Waals surface area contributed by atoms with E-state index in [0.29, 0.717) is 12.1 Å². The Morgan fingerprint density at radius 3 is 2.60 bits per heavy atom. The predicted molar refractivity (Wildman–Crippen MR) is 58.1 cm³/mol. The number of nitrogens with one attached hydrogen (secondary N) is 1. The fourth-order valence-corrected chi connectivity index (χ4v) is 1.15. The molecule has 15 heavy (non-hydrogen) atoms. The van der Waals surface area contributed by atoms with Gasteiger partial charge in [0, 0.05) is 12.1 Å². The second-order valence-electron chi connectivity index (χ2n) is 3.07. The molecule has 0 radical (unpaired) electrons. The quantitative estimate of drug-likeness (QED) is 0.444. The van der Waals surface area contributed by atoms with Crippen LogP contribution < -0.4 is 5.32 Å². The number of hydrogen-bond donors (Lipinski definition) is 2. The maximum Gasteiger partial charge on any atom is 0.273 e. The van der Waals surface area contributed by atoms with Crippen LogP contribution in [-0.4, -0.2) is 23.4 Å². The van der Waals surface area contributed by atoms with Gasteiger partial charge in [0.05, 0.1) is 0 Å². The highest BCUT2D eigenvalue weighted by Crippen LogP contribution is 2.01. The summed E-state index contributed by atoms with van der Waals surface area (Å²) in [5, 5.41) is 14.4. The molecule has 0 aliphatic heterocycles. The molecular weight excluding hydrogens is 192 g/mol. The van der Waals surface area contributed by atoms with E-state index in [0.717, 1.165) is 6.42 Å². The van der Waals surface area contributed by atoms with Crippen LogP contribution in [0.1, 0.15) is 18.9 Å². The first-order valence-electron chi connectivity index (χ1n) is 4.85. The van der Waals surface area contributed by atoms with Gasteiger partial charge in [-0.05, 0) is 6.42 Å². The zero-order valence-corrected chi connectivity index (χ0v) is 8.60. The molecule has 0 bridgehead atoms. The minimum Gasteiger partial charge on any atom is -0.410 e. The molecule has 80 valence electrons. The zero-order valence-electron chi connectivity index (χ0n) is 8.60. The molecule has 0 atom stereocenters. The average molecular weight is 206 g/mol. The largest absolute Gasteiger partial charge is 0.410 e. The molecule has 4 heteroatoms. The molecule has 0 fully saturated rings. The van der Waals surface area contributed by atoms with Crippen LogP contribution in [-0.2, 0) is 4.79 Å². The summed E-state index contributed by atoms with van der Waals surface area (Å²) in [7, 11) is 0. The smallest absolute Gasteiger partial charge is 0.273 e. The van der Waals surface area contributed by atoms with Gasteiger partial charge in [0.2, 0.25) is 0 Å². The van der Waals surface area contributed by atoms with Gasteiger partial charge in [-0.15, -0.1) is 0 Å². The lowest BCUT2D eigenvalue weighted by Crippen LogP contribution is -2.32. The third-order valence-electron chi connectivity index (χ3n) is 1.90. The Balaban J connectivity index is 2.78. The predicted octanol–water partition coefficient (Wildman–Crippen LogP) is 1.39. The Morgan fingerprint density at radius 1 is 1.40 bits per heavy atom.